The second-order valence-corrected chi connectivity index (χ2v) is 24.5. The lowest BCUT2D eigenvalue weighted by Gasteiger charge is -2.09. The van der Waals surface area contributed by atoms with Crippen molar-refractivity contribution in [3.05, 3.63) is 0 Å². The van der Waals surface area contributed by atoms with E-state index in [1.807, 2.05) is 129 Å². The van der Waals surface area contributed by atoms with Gasteiger partial charge < -0.3 is 52.2 Å². The van der Waals surface area contributed by atoms with Crippen LogP contribution in [0.3, 0.4) is 0 Å². The first-order chi connectivity index (χ1) is 51.1. The zero-order valence-corrected chi connectivity index (χ0v) is 77.2. The maximum Gasteiger partial charge on any atom is 0.167 e. The van der Waals surface area contributed by atoms with Crippen molar-refractivity contribution in [2.24, 2.45) is 31.0 Å². The molecule has 0 radical (unpaired) electrons. The Balaban J connectivity index is -0.0000000419. The molecule has 0 saturated heterocycles. The number of hydrogen-bond acceptors (Lipinski definition) is 25. The molecule has 10 atom stereocenters. The van der Waals surface area contributed by atoms with Gasteiger partial charge in [-0.1, -0.05) is 209 Å². The van der Waals surface area contributed by atoms with Crippen LogP contribution in [0, 0.1) is 5.92 Å². The van der Waals surface area contributed by atoms with E-state index < -0.39 is 0 Å². The number of nitrogens with one attached hydrogen (secondary N) is 3. The Morgan fingerprint density at radius 3 is 0.846 bits per heavy atom. The highest BCUT2D eigenvalue weighted by Gasteiger charge is 2.00. The third-order valence-electron chi connectivity index (χ3n) is 13.8. The minimum atomic E-state index is 0. The molecule has 25 nitrogen and oxygen atoms in total. The van der Waals surface area contributed by atoms with Crippen LogP contribution in [-0.2, 0) is 76.5 Å². The number of nitrogens with zero attached hydrogens (tertiary/aromatic N) is 6. The molecule has 0 aliphatic heterocycles. The predicted molar refractivity (Wildman–Crippen MR) is 528 cm³/mol. The van der Waals surface area contributed by atoms with E-state index in [1.54, 1.807) is 25.8 Å². The summed E-state index contributed by atoms with van der Waals surface area (Å²) in [4.78, 5) is 47.5. The fourth-order valence-corrected chi connectivity index (χ4v) is 4.93. The van der Waals surface area contributed by atoms with Gasteiger partial charge in [0.1, 0.15) is 47.3 Å². The molecule has 0 aromatic heterocycles. The maximum absolute atomic E-state index is 5.21. The highest BCUT2D eigenvalue weighted by Crippen LogP contribution is 2.10. The van der Waals surface area contributed by atoms with E-state index in [0.717, 1.165) is 129 Å². The van der Waals surface area contributed by atoms with Gasteiger partial charge in [-0.2, -0.15) is 0 Å². The molecule has 25 heteroatoms. The summed E-state index contributed by atoms with van der Waals surface area (Å²) in [7, 11) is 7.23. The molecular formula is C92H227N9O16. The fourth-order valence-electron chi connectivity index (χ4n) is 4.93. The summed E-state index contributed by atoms with van der Waals surface area (Å²) in [5.41, 5.74) is 9.14. The molecule has 0 saturated carbocycles. The van der Waals surface area contributed by atoms with Gasteiger partial charge in [-0.3, -0.25) is 39.4 Å². The minimum absolute atomic E-state index is 0. The first-order valence-electron chi connectivity index (χ1n) is 41.0. The predicted octanol–water partition coefficient (Wildman–Crippen LogP) is 25.8. The molecule has 0 bridgehead atoms. The van der Waals surface area contributed by atoms with Gasteiger partial charge in [-0.15, -0.1) is 0 Å². The summed E-state index contributed by atoms with van der Waals surface area (Å²) in [5, 5.41) is 3.54. The molecule has 0 aliphatic carbocycles. The van der Waals surface area contributed by atoms with E-state index in [9.17, 15) is 0 Å². The Hall–Kier alpha value is -2.61. The number of oxime groups is 1. The smallest absolute Gasteiger partial charge is 0.167 e. The second kappa shape index (κ2) is 168. The van der Waals surface area contributed by atoms with E-state index >= 15 is 0 Å². The van der Waals surface area contributed by atoms with Crippen molar-refractivity contribution in [1.82, 2.24) is 21.3 Å². The first kappa shape index (κ1) is 172. The van der Waals surface area contributed by atoms with Crippen molar-refractivity contribution in [2.45, 2.75) is 434 Å². The fraction of sp³-hybridized carbons (Fsp3) is 0.946. The monoisotopic (exact) mass is 1710 g/mol. The average Bonchev–Trinajstić information content (AvgIpc) is 1.09. The van der Waals surface area contributed by atoms with Crippen LogP contribution in [-0.4, -0.2) is 238 Å². The quantitative estimate of drug-likeness (QED) is 0.0168. The summed E-state index contributed by atoms with van der Waals surface area (Å²) in [6, 6.07) is 1.67. The summed E-state index contributed by atoms with van der Waals surface area (Å²) in [6.45, 7) is 77.2. The molecule has 3 N–H and O–H groups in total. The van der Waals surface area contributed by atoms with Gasteiger partial charge in [0.2, 0.25) is 0 Å². The van der Waals surface area contributed by atoms with Crippen molar-refractivity contribution in [3.63, 3.8) is 0 Å². The van der Waals surface area contributed by atoms with E-state index in [-0.39, 0.29) is 74.3 Å². The highest BCUT2D eigenvalue weighted by molar-refractivity contribution is 5.78. The molecular weight excluding hydrogens is 1490 g/mol. The zero-order valence-electron chi connectivity index (χ0n) is 77.2. The lowest BCUT2D eigenvalue weighted by molar-refractivity contribution is -0.278. The molecule has 0 rings (SSSR count). The van der Waals surface area contributed by atoms with Crippen LogP contribution < -0.4 is 16.4 Å². The average molecular weight is 1720 g/mol. The van der Waals surface area contributed by atoms with Gasteiger partial charge in [-0.05, 0) is 196 Å². The van der Waals surface area contributed by atoms with Crippen molar-refractivity contribution in [3.8, 4) is 0 Å². The molecule has 0 aromatic carbocycles. The van der Waals surface area contributed by atoms with E-state index in [0.29, 0.717) is 115 Å². The summed E-state index contributed by atoms with van der Waals surface area (Å²) < 4.78 is 50.8. The van der Waals surface area contributed by atoms with Crippen LogP contribution in [0.4, 0.5) is 0 Å². The largest absolute Gasteiger partial charge is 0.399 e. The molecule has 0 amide bonds. The lowest BCUT2D eigenvalue weighted by atomic mass is 10.0. The van der Waals surface area contributed by atoms with Gasteiger partial charge in [0, 0.05) is 109 Å². The second-order valence-electron chi connectivity index (χ2n) is 24.5. The van der Waals surface area contributed by atoms with Crippen molar-refractivity contribution >= 4 is 30.6 Å². The molecule has 0 spiro atoms. The summed E-state index contributed by atoms with van der Waals surface area (Å²) in [6.07, 6.45) is 24.0. The topological polar surface area (TPSA) is 249 Å². The van der Waals surface area contributed by atoms with Gasteiger partial charge in [0.15, 0.2) is 6.79 Å². The van der Waals surface area contributed by atoms with E-state index in [2.05, 4.69) is 169 Å². The number of methoxy groups -OCH3 is 1. The summed E-state index contributed by atoms with van der Waals surface area (Å²) >= 11 is 0. The zero-order chi connectivity index (χ0) is 84.6. The van der Waals surface area contributed by atoms with Crippen LogP contribution in [0.1, 0.15) is 379 Å². The van der Waals surface area contributed by atoms with Crippen molar-refractivity contribution in [1.29, 1.82) is 0 Å². The number of ether oxygens (including phenoxy) is 10. The molecule has 0 aliphatic rings. The Labute approximate surface area is 738 Å². The standard InChI is InChI=1S/2C8H18N2O.C8H17NO2.C8H17NO.C8H18.C7H17NO2.3C7H16O2.C5H13NO.C5H12O.C4H9NO.10CH4/c3*1-4-8(3)9-6-7-11-10-5-2;1-4-8(3)9-6-7-10-5-2;1-4-6-7-8(3)5-2;1-4-7(3)9-6-10-8-5-2;3*1-4-7(3)9-6-8-5-2;1-4-7-5-6(2)3;1-4-5(2)6-3;1-4(2)5-6-3;;;;;;;;;;/h2*6,8,10H,4-5,7H2,1-3H3;6,8H,4-5,7H2,1-3H3;6,8H,4-5,7H2,1-3H3;8H,4-7H2,1-3H3;7-8H,4-6H2,1-3H3;3*7H,4-6H2,1-3H3;4-5H2,1-3H3;5H,4H2,1-3H3;1-3H3;10*1H4. The Morgan fingerprint density at radius 2 is 0.632 bits per heavy atom. The normalized spacial score (nSPS) is 12.2. The van der Waals surface area contributed by atoms with Gasteiger partial charge in [0.25, 0.3) is 0 Å². The molecule has 117 heavy (non-hydrogen) atoms. The Morgan fingerprint density at radius 1 is 0.333 bits per heavy atom. The minimum Gasteiger partial charge on any atom is -0.399 e. The van der Waals surface area contributed by atoms with Crippen LogP contribution in [0.15, 0.2) is 25.1 Å². The molecule has 0 heterocycles. The van der Waals surface area contributed by atoms with Crippen molar-refractivity contribution < 1.29 is 76.5 Å². The lowest BCUT2D eigenvalue weighted by Crippen LogP contribution is -2.18. The van der Waals surface area contributed by atoms with Crippen LogP contribution in [0.2, 0.25) is 0 Å². The number of unbranched alkanes of at least 4 members (excludes halogenated alkanes) is 1. The van der Waals surface area contributed by atoms with Gasteiger partial charge in [0.05, 0.1) is 56.2 Å². The van der Waals surface area contributed by atoms with Crippen molar-refractivity contribution in [2.75, 3.05) is 148 Å². The van der Waals surface area contributed by atoms with E-state index in [4.69, 9.17) is 66.8 Å². The number of hydroxylamine groups is 3. The van der Waals surface area contributed by atoms with E-state index in [1.165, 1.54) is 32.8 Å². The van der Waals surface area contributed by atoms with Crippen LogP contribution in [0.5, 0.6) is 0 Å². The third kappa shape index (κ3) is 229. The van der Waals surface area contributed by atoms with Gasteiger partial charge in [-0.25, -0.2) is 26.2 Å². The van der Waals surface area contributed by atoms with Gasteiger partial charge >= 0.3 is 0 Å². The molecule has 0 aromatic rings. The SMILES string of the molecule is C.C.C.C.C.C.C.C.C.C.CCC(C)OC.CCCCC(C)CC.CCNOCC=NC(C)CC.CCNOCC=NC(C)CC.CCNOCOC(C)CC.CCOCC=NC(C)CC.CCOCN(C)C.CCOCOC(C)CC.CCOCOC(C)CC.CCOCOC(C)CC.CCOOCC=NC(C)CC.CON=C(C)C. The first-order valence-corrected chi connectivity index (χ1v) is 41.0. The maximum atomic E-state index is 5.21. The van der Waals surface area contributed by atoms with Crippen LogP contribution >= 0.6 is 0 Å². The molecule has 10 unspecified atom stereocenters. The number of hydrogen-bond donors (Lipinski definition) is 3. The summed E-state index contributed by atoms with van der Waals surface area (Å²) in [5.74, 6) is 0.954. The molecule has 0 fully saturated rings. The number of rotatable bonds is 54. The third-order valence-corrected chi connectivity index (χ3v) is 13.8. The Kier molecular flexibility index (Phi) is 247. The number of aliphatic imine (C=N–C) groups is 4. The molecule has 736 valence electrons. The Bertz CT molecular complexity index is 1490. The highest BCUT2D eigenvalue weighted by atomic mass is 17.2. The van der Waals surface area contributed by atoms with Crippen LogP contribution in [0.25, 0.3) is 0 Å².